The molecule has 3 rings (SSSR count). The molecule has 96 valence electrons. The molecule has 3 aromatic rings. The Labute approximate surface area is 124 Å². The lowest BCUT2D eigenvalue weighted by atomic mass is 10.2. The number of nitrogen functional groups attached to an aromatic ring is 1. The molecule has 1 aromatic heterocycles. The highest BCUT2D eigenvalue weighted by Gasteiger charge is 2.12. The lowest BCUT2D eigenvalue weighted by Gasteiger charge is -2.09. The zero-order valence-corrected chi connectivity index (χ0v) is 12.5. The number of para-hydroxylation sites is 1. The van der Waals surface area contributed by atoms with E-state index < -0.39 is 0 Å². The molecule has 0 radical (unpaired) electrons. The minimum absolute atomic E-state index is 0.471. The number of halogens is 2. The summed E-state index contributed by atoms with van der Waals surface area (Å²) in [6, 6.07) is 11.7. The van der Waals surface area contributed by atoms with Crippen molar-refractivity contribution in [3.8, 4) is 5.69 Å². The summed E-state index contributed by atoms with van der Waals surface area (Å²) < 4.78 is 2.77. The van der Waals surface area contributed by atoms with Crippen molar-refractivity contribution in [1.29, 1.82) is 0 Å². The van der Waals surface area contributed by atoms with Gasteiger partial charge in [-0.25, -0.2) is 4.98 Å². The van der Waals surface area contributed by atoms with Gasteiger partial charge in [0.1, 0.15) is 0 Å². The van der Waals surface area contributed by atoms with Gasteiger partial charge in [0.25, 0.3) is 0 Å². The van der Waals surface area contributed by atoms with Crippen LogP contribution in [0.5, 0.6) is 0 Å². The maximum absolute atomic E-state index is 6.05. The fourth-order valence-corrected chi connectivity index (χ4v) is 2.68. The molecule has 2 aromatic carbocycles. The summed E-state index contributed by atoms with van der Waals surface area (Å²) in [5.41, 5.74) is 10.0. The molecule has 0 amide bonds. The summed E-state index contributed by atoms with van der Waals surface area (Å²) in [5.74, 6) is 0.471. The van der Waals surface area contributed by atoms with E-state index in [9.17, 15) is 0 Å². The van der Waals surface area contributed by atoms with E-state index in [1.165, 1.54) is 0 Å². The van der Waals surface area contributed by atoms with Crippen LogP contribution in [0.2, 0.25) is 5.02 Å². The molecule has 0 saturated heterocycles. The summed E-state index contributed by atoms with van der Waals surface area (Å²) in [4.78, 5) is 4.39. The fourth-order valence-electron chi connectivity index (χ4n) is 2.20. The van der Waals surface area contributed by atoms with Crippen LogP contribution in [-0.2, 0) is 0 Å². The summed E-state index contributed by atoms with van der Waals surface area (Å²) in [6.07, 6.45) is 0. The number of fused-ring (bicyclic) bond motifs is 1. The molecule has 2 N–H and O–H groups in total. The normalized spacial score (nSPS) is 11.1. The van der Waals surface area contributed by atoms with Crippen LogP contribution < -0.4 is 5.73 Å². The standard InChI is InChI=1S/C14H11BrClN3/c1-8-3-2-4-12-13(8)19(14(17)18-12)9-5-6-11(16)10(15)7-9/h2-7H,1H3,(H2,17,18). The van der Waals surface area contributed by atoms with Crippen molar-refractivity contribution in [3.05, 3.63) is 51.5 Å². The average molecular weight is 337 g/mol. The molecule has 0 aliphatic carbocycles. The van der Waals surface area contributed by atoms with Crippen LogP contribution in [0.3, 0.4) is 0 Å². The topological polar surface area (TPSA) is 43.8 Å². The van der Waals surface area contributed by atoms with Gasteiger partial charge < -0.3 is 5.73 Å². The van der Waals surface area contributed by atoms with Gasteiger partial charge in [-0.15, -0.1) is 0 Å². The predicted molar refractivity (Wildman–Crippen MR) is 82.9 cm³/mol. The highest BCUT2D eigenvalue weighted by atomic mass is 79.9. The van der Waals surface area contributed by atoms with Crippen molar-refractivity contribution in [3.63, 3.8) is 0 Å². The first-order chi connectivity index (χ1) is 9.08. The molecule has 1 heterocycles. The third kappa shape index (κ3) is 2.01. The van der Waals surface area contributed by atoms with E-state index in [1.807, 2.05) is 47.9 Å². The van der Waals surface area contributed by atoms with Crippen molar-refractivity contribution in [2.45, 2.75) is 6.92 Å². The predicted octanol–water partition coefficient (Wildman–Crippen LogP) is 4.33. The van der Waals surface area contributed by atoms with E-state index in [0.717, 1.165) is 26.8 Å². The number of anilines is 1. The quantitative estimate of drug-likeness (QED) is 0.718. The number of hydrogen-bond donors (Lipinski definition) is 1. The Morgan fingerprint density at radius 3 is 2.79 bits per heavy atom. The highest BCUT2D eigenvalue weighted by Crippen LogP contribution is 2.30. The number of nitrogens with zero attached hydrogens (tertiary/aromatic N) is 2. The summed E-state index contributed by atoms with van der Waals surface area (Å²) in [7, 11) is 0. The van der Waals surface area contributed by atoms with Gasteiger partial charge in [-0.2, -0.15) is 0 Å². The Bertz CT molecular complexity index is 780. The summed E-state index contributed by atoms with van der Waals surface area (Å²) >= 11 is 9.46. The number of nitrogens with two attached hydrogens (primary N) is 1. The molecule has 0 fully saturated rings. The molecule has 0 spiro atoms. The van der Waals surface area contributed by atoms with Crippen LogP contribution >= 0.6 is 27.5 Å². The first-order valence-corrected chi connectivity index (χ1v) is 6.94. The summed E-state index contributed by atoms with van der Waals surface area (Å²) in [5, 5.41) is 0.670. The summed E-state index contributed by atoms with van der Waals surface area (Å²) in [6.45, 7) is 2.05. The van der Waals surface area contributed by atoms with Crippen LogP contribution in [0.4, 0.5) is 5.95 Å². The van der Waals surface area contributed by atoms with Gasteiger partial charge >= 0.3 is 0 Å². The van der Waals surface area contributed by atoms with Crippen LogP contribution in [0, 0.1) is 6.92 Å². The zero-order chi connectivity index (χ0) is 13.6. The maximum atomic E-state index is 6.05. The minimum Gasteiger partial charge on any atom is -0.369 e. The largest absolute Gasteiger partial charge is 0.369 e. The third-order valence-electron chi connectivity index (χ3n) is 3.07. The number of imidazole rings is 1. The van der Waals surface area contributed by atoms with E-state index in [-0.39, 0.29) is 0 Å². The Kier molecular flexibility index (Phi) is 2.99. The second-order valence-corrected chi connectivity index (χ2v) is 5.61. The molecule has 5 heteroatoms. The van der Waals surface area contributed by atoms with Crippen molar-refractivity contribution in [2.75, 3.05) is 5.73 Å². The molecule has 0 aliphatic heterocycles. The minimum atomic E-state index is 0.471. The van der Waals surface area contributed by atoms with Gasteiger partial charge in [0.15, 0.2) is 0 Å². The van der Waals surface area contributed by atoms with Gasteiger partial charge in [-0.1, -0.05) is 23.7 Å². The van der Waals surface area contributed by atoms with Crippen molar-refractivity contribution >= 4 is 44.5 Å². The first kappa shape index (κ1) is 12.5. The van der Waals surface area contributed by atoms with Crippen LogP contribution in [-0.4, -0.2) is 9.55 Å². The van der Waals surface area contributed by atoms with E-state index in [2.05, 4.69) is 20.9 Å². The second kappa shape index (κ2) is 4.54. The van der Waals surface area contributed by atoms with Gasteiger partial charge in [0.05, 0.1) is 21.7 Å². The number of aromatic nitrogens is 2. The molecule has 0 aliphatic rings. The maximum Gasteiger partial charge on any atom is 0.205 e. The molecule has 19 heavy (non-hydrogen) atoms. The fraction of sp³-hybridized carbons (Fsp3) is 0.0714. The Balaban J connectivity index is 2.35. The van der Waals surface area contributed by atoms with Crippen LogP contribution in [0.25, 0.3) is 16.7 Å². The molecule has 3 nitrogen and oxygen atoms in total. The van der Waals surface area contributed by atoms with Crippen molar-refractivity contribution < 1.29 is 0 Å². The lowest BCUT2D eigenvalue weighted by molar-refractivity contribution is 1.10. The lowest BCUT2D eigenvalue weighted by Crippen LogP contribution is -2.01. The number of aryl methyl sites for hydroxylation is 1. The molecule has 0 saturated carbocycles. The number of benzene rings is 2. The first-order valence-electron chi connectivity index (χ1n) is 5.77. The average Bonchev–Trinajstić information content (AvgIpc) is 2.70. The molecule has 0 unspecified atom stereocenters. The Morgan fingerprint density at radius 2 is 2.05 bits per heavy atom. The third-order valence-corrected chi connectivity index (χ3v) is 4.28. The van der Waals surface area contributed by atoms with Crippen molar-refractivity contribution in [1.82, 2.24) is 9.55 Å². The monoisotopic (exact) mass is 335 g/mol. The van der Waals surface area contributed by atoms with Gasteiger partial charge in [0, 0.05) is 4.47 Å². The van der Waals surface area contributed by atoms with Gasteiger partial charge in [-0.05, 0) is 52.7 Å². The van der Waals surface area contributed by atoms with Crippen molar-refractivity contribution in [2.24, 2.45) is 0 Å². The smallest absolute Gasteiger partial charge is 0.205 e. The molecule has 0 atom stereocenters. The van der Waals surface area contributed by atoms with E-state index in [0.29, 0.717) is 11.0 Å². The van der Waals surface area contributed by atoms with Crippen LogP contribution in [0.1, 0.15) is 5.56 Å². The highest BCUT2D eigenvalue weighted by molar-refractivity contribution is 9.10. The molecular weight excluding hydrogens is 326 g/mol. The number of hydrogen-bond acceptors (Lipinski definition) is 2. The van der Waals surface area contributed by atoms with Crippen LogP contribution in [0.15, 0.2) is 40.9 Å². The Hall–Kier alpha value is -1.52. The number of rotatable bonds is 1. The van der Waals surface area contributed by atoms with E-state index in [4.69, 9.17) is 17.3 Å². The van der Waals surface area contributed by atoms with E-state index >= 15 is 0 Å². The van der Waals surface area contributed by atoms with Gasteiger partial charge in [0.2, 0.25) is 5.95 Å². The van der Waals surface area contributed by atoms with Gasteiger partial charge in [-0.3, -0.25) is 4.57 Å². The Morgan fingerprint density at radius 1 is 1.26 bits per heavy atom. The SMILES string of the molecule is Cc1cccc2nc(N)n(-c3ccc(Cl)c(Br)c3)c12. The second-order valence-electron chi connectivity index (χ2n) is 4.35. The molecular formula is C14H11BrClN3. The zero-order valence-electron chi connectivity index (χ0n) is 10.2. The van der Waals surface area contributed by atoms with E-state index in [1.54, 1.807) is 0 Å². The molecule has 0 bridgehead atoms.